The Kier molecular flexibility index (Phi) is 6.32. The van der Waals surface area contributed by atoms with Gasteiger partial charge in [0.2, 0.25) is 5.91 Å². The molecule has 0 aromatic heterocycles. The Hall–Kier alpha value is -2.80. The van der Waals surface area contributed by atoms with Gasteiger partial charge < -0.3 is 20.3 Å². The Labute approximate surface area is 185 Å². The number of carbonyl (C=O) groups is 2. The van der Waals surface area contributed by atoms with Crippen molar-refractivity contribution in [1.82, 2.24) is 10.2 Å². The highest BCUT2D eigenvalue weighted by atomic mass is 35.5. The number of ether oxygens (including phenoxy) is 1. The van der Waals surface area contributed by atoms with Gasteiger partial charge in [-0.25, -0.2) is 9.18 Å². The van der Waals surface area contributed by atoms with Crippen LogP contribution in [0.5, 0.6) is 5.75 Å². The van der Waals surface area contributed by atoms with E-state index in [9.17, 15) is 14.0 Å². The molecule has 1 saturated heterocycles. The van der Waals surface area contributed by atoms with E-state index >= 15 is 0 Å². The predicted octanol–water partition coefficient (Wildman–Crippen LogP) is 4.40. The Bertz CT molecular complexity index is 965. The van der Waals surface area contributed by atoms with Gasteiger partial charge in [-0.1, -0.05) is 17.7 Å². The van der Waals surface area contributed by atoms with Crippen LogP contribution in [0.25, 0.3) is 0 Å². The zero-order valence-electron chi connectivity index (χ0n) is 17.2. The number of amides is 3. The maximum Gasteiger partial charge on any atom is 0.319 e. The van der Waals surface area contributed by atoms with E-state index in [4.69, 9.17) is 16.3 Å². The zero-order chi connectivity index (χ0) is 22.0. The van der Waals surface area contributed by atoms with Gasteiger partial charge in [0.05, 0.1) is 13.2 Å². The molecule has 1 aliphatic heterocycles. The molecule has 0 spiro atoms. The standard InChI is InChI=1S/C23H25ClFN3O3/c1-31-17-8-9-18(20(25)12-17)19-10-11-28(22(29)14-2-3-14)13-21(19)27-23(30)26-16-6-4-15(24)5-7-16/h4-9,12,14,19,21H,2-3,10-11,13H2,1H3,(H2,26,27,30)/t19?,21-/m1/s1. The van der Waals surface area contributed by atoms with Crippen LogP contribution in [-0.4, -0.2) is 43.1 Å². The molecule has 1 aliphatic carbocycles. The summed E-state index contributed by atoms with van der Waals surface area (Å²) in [4.78, 5) is 27.1. The Balaban J connectivity index is 1.52. The molecule has 6 nitrogen and oxygen atoms in total. The summed E-state index contributed by atoms with van der Waals surface area (Å²) in [5, 5.41) is 6.30. The number of likely N-dealkylation sites (tertiary alicyclic amines) is 1. The van der Waals surface area contributed by atoms with Crippen LogP contribution in [0.15, 0.2) is 42.5 Å². The second-order valence-electron chi connectivity index (χ2n) is 8.05. The van der Waals surface area contributed by atoms with Gasteiger partial charge in [0.25, 0.3) is 0 Å². The number of nitrogens with one attached hydrogen (secondary N) is 2. The van der Waals surface area contributed by atoms with E-state index in [2.05, 4.69) is 10.6 Å². The monoisotopic (exact) mass is 445 g/mol. The minimum Gasteiger partial charge on any atom is -0.497 e. The maximum absolute atomic E-state index is 14.8. The lowest BCUT2D eigenvalue weighted by Gasteiger charge is -2.39. The number of nitrogens with zero attached hydrogens (tertiary/aromatic N) is 1. The molecule has 1 heterocycles. The van der Waals surface area contributed by atoms with Crippen molar-refractivity contribution in [2.45, 2.75) is 31.2 Å². The van der Waals surface area contributed by atoms with Crippen LogP contribution < -0.4 is 15.4 Å². The second kappa shape index (κ2) is 9.14. The zero-order valence-corrected chi connectivity index (χ0v) is 18.0. The molecule has 1 unspecified atom stereocenters. The van der Waals surface area contributed by atoms with Gasteiger partial charge in [-0.15, -0.1) is 0 Å². The van der Waals surface area contributed by atoms with Crippen LogP contribution in [0.4, 0.5) is 14.9 Å². The van der Waals surface area contributed by atoms with Crippen molar-refractivity contribution < 1.29 is 18.7 Å². The Morgan fingerprint density at radius 2 is 1.87 bits per heavy atom. The number of halogens is 2. The quantitative estimate of drug-likeness (QED) is 0.716. The topological polar surface area (TPSA) is 70.7 Å². The van der Waals surface area contributed by atoms with Crippen LogP contribution in [0.2, 0.25) is 5.02 Å². The first-order chi connectivity index (χ1) is 14.9. The molecule has 1 saturated carbocycles. The molecular formula is C23H25ClFN3O3. The summed E-state index contributed by atoms with van der Waals surface area (Å²) in [6.45, 7) is 0.891. The molecule has 3 amide bonds. The van der Waals surface area contributed by atoms with Crippen molar-refractivity contribution >= 4 is 29.2 Å². The lowest BCUT2D eigenvalue weighted by atomic mass is 9.84. The highest BCUT2D eigenvalue weighted by Gasteiger charge is 2.39. The predicted molar refractivity (Wildman–Crippen MR) is 117 cm³/mol. The van der Waals surface area contributed by atoms with E-state index < -0.39 is 12.1 Å². The van der Waals surface area contributed by atoms with Gasteiger partial charge in [0.15, 0.2) is 0 Å². The summed E-state index contributed by atoms with van der Waals surface area (Å²) in [6.07, 6.45) is 2.40. The van der Waals surface area contributed by atoms with E-state index in [1.807, 2.05) is 0 Å². The Morgan fingerprint density at radius 3 is 2.52 bits per heavy atom. The molecular weight excluding hydrogens is 421 g/mol. The number of piperidine rings is 1. The van der Waals surface area contributed by atoms with E-state index in [0.717, 1.165) is 12.8 Å². The molecule has 2 fully saturated rings. The summed E-state index contributed by atoms with van der Waals surface area (Å²) >= 11 is 5.89. The molecule has 2 N–H and O–H groups in total. The van der Waals surface area contributed by atoms with E-state index in [0.29, 0.717) is 41.5 Å². The van der Waals surface area contributed by atoms with Gasteiger partial charge in [-0.05, 0) is 55.2 Å². The minimum atomic E-state index is -0.424. The summed E-state index contributed by atoms with van der Waals surface area (Å²) < 4.78 is 19.9. The molecule has 2 aromatic rings. The van der Waals surface area contributed by atoms with Crippen LogP contribution in [0.3, 0.4) is 0 Å². The van der Waals surface area contributed by atoms with Crippen LogP contribution in [-0.2, 0) is 4.79 Å². The number of hydrogen-bond donors (Lipinski definition) is 2. The molecule has 8 heteroatoms. The van der Waals surface area contributed by atoms with Crippen molar-refractivity contribution in [2.75, 3.05) is 25.5 Å². The lowest BCUT2D eigenvalue weighted by Crippen LogP contribution is -2.54. The van der Waals surface area contributed by atoms with E-state index in [1.165, 1.54) is 13.2 Å². The van der Waals surface area contributed by atoms with Crippen molar-refractivity contribution in [3.8, 4) is 5.75 Å². The fraction of sp³-hybridized carbons (Fsp3) is 0.391. The first-order valence-corrected chi connectivity index (χ1v) is 10.8. The second-order valence-corrected chi connectivity index (χ2v) is 8.49. The van der Waals surface area contributed by atoms with Crippen LogP contribution in [0, 0.1) is 11.7 Å². The summed E-state index contributed by atoms with van der Waals surface area (Å²) in [7, 11) is 1.49. The number of urea groups is 1. The smallest absolute Gasteiger partial charge is 0.319 e. The maximum atomic E-state index is 14.8. The van der Waals surface area contributed by atoms with Gasteiger partial charge in [0, 0.05) is 41.7 Å². The normalized spacial score (nSPS) is 20.8. The van der Waals surface area contributed by atoms with Gasteiger partial charge >= 0.3 is 6.03 Å². The van der Waals surface area contributed by atoms with Gasteiger partial charge in [-0.2, -0.15) is 0 Å². The van der Waals surface area contributed by atoms with Crippen molar-refractivity contribution in [2.24, 2.45) is 5.92 Å². The fourth-order valence-corrected chi connectivity index (χ4v) is 4.19. The molecule has 2 aromatic carbocycles. The third-order valence-corrected chi connectivity index (χ3v) is 6.13. The van der Waals surface area contributed by atoms with Crippen LogP contribution >= 0.6 is 11.6 Å². The molecule has 2 atom stereocenters. The first-order valence-electron chi connectivity index (χ1n) is 10.4. The lowest BCUT2D eigenvalue weighted by molar-refractivity contribution is -0.134. The molecule has 0 radical (unpaired) electrons. The SMILES string of the molecule is COc1ccc(C2CCN(C(=O)C3CC3)C[C@H]2NC(=O)Nc2ccc(Cl)cc2)c(F)c1. The number of methoxy groups -OCH3 is 1. The molecule has 2 aliphatic rings. The number of benzene rings is 2. The molecule has 31 heavy (non-hydrogen) atoms. The highest BCUT2D eigenvalue weighted by Crippen LogP contribution is 2.36. The van der Waals surface area contributed by atoms with Crippen LogP contribution in [0.1, 0.15) is 30.7 Å². The minimum absolute atomic E-state index is 0.0952. The van der Waals surface area contributed by atoms with Crippen molar-refractivity contribution in [3.05, 3.63) is 58.9 Å². The largest absolute Gasteiger partial charge is 0.497 e. The third-order valence-electron chi connectivity index (χ3n) is 5.88. The number of hydrogen-bond acceptors (Lipinski definition) is 3. The number of rotatable bonds is 5. The Morgan fingerprint density at radius 1 is 1.13 bits per heavy atom. The average Bonchev–Trinajstić information content (AvgIpc) is 3.60. The fourth-order valence-electron chi connectivity index (χ4n) is 4.06. The average molecular weight is 446 g/mol. The van der Waals surface area contributed by atoms with Crippen molar-refractivity contribution in [1.29, 1.82) is 0 Å². The van der Waals surface area contributed by atoms with E-state index in [1.54, 1.807) is 41.3 Å². The summed E-state index contributed by atoms with van der Waals surface area (Å²) in [6, 6.07) is 10.7. The number of anilines is 1. The molecule has 4 rings (SSSR count). The first kappa shape index (κ1) is 21.4. The van der Waals surface area contributed by atoms with Crippen molar-refractivity contribution in [3.63, 3.8) is 0 Å². The van der Waals surface area contributed by atoms with Gasteiger partial charge in [0.1, 0.15) is 11.6 Å². The van der Waals surface area contributed by atoms with E-state index in [-0.39, 0.29) is 23.6 Å². The summed E-state index contributed by atoms with van der Waals surface area (Å²) in [5.41, 5.74) is 1.10. The highest BCUT2D eigenvalue weighted by molar-refractivity contribution is 6.30. The summed E-state index contributed by atoms with van der Waals surface area (Å²) in [5.74, 6) is 0.0188. The third kappa shape index (κ3) is 5.10. The molecule has 0 bridgehead atoms. The molecule has 164 valence electrons. The number of carbonyl (C=O) groups excluding carboxylic acids is 2. The van der Waals surface area contributed by atoms with Gasteiger partial charge in [-0.3, -0.25) is 4.79 Å².